The Morgan fingerprint density at radius 3 is 2.33 bits per heavy atom. The molecule has 1 N–H and O–H groups in total. The van der Waals surface area contributed by atoms with Gasteiger partial charge in [-0.3, -0.25) is 4.79 Å². The largest absolute Gasteiger partial charge is 0.497 e. The van der Waals surface area contributed by atoms with Crippen LogP contribution in [0.5, 0.6) is 5.75 Å². The van der Waals surface area contributed by atoms with Crippen molar-refractivity contribution in [3.8, 4) is 5.75 Å². The molecule has 33 heavy (non-hydrogen) atoms. The van der Waals surface area contributed by atoms with Crippen LogP contribution in [0.15, 0.2) is 64.6 Å². The molecule has 174 valence electrons. The van der Waals surface area contributed by atoms with Crippen molar-refractivity contribution >= 4 is 26.7 Å². The number of hydrogen-bond acceptors (Lipinski definition) is 5. The van der Waals surface area contributed by atoms with Gasteiger partial charge in [0.25, 0.3) is 10.0 Å². The summed E-state index contributed by atoms with van der Waals surface area (Å²) >= 11 is 0. The van der Waals surface area contributed by atoms with Crippen molar-refractivity contribution in [3.05, 3.63) is 71.3 Å². The first kappa shape index (κ1) is 23.0. The molecule has 0 bridgehead atoms. The molecule has 2 aromatic rings. The van der Waals surface area contributed by atoms with Gasteiger partial charge in [0.1, 0.15) is 16.5 Å². The molecule has 2 heterocycles. The molecular formula is C25H29N3O4S. The fourth-order valence-electron chi connectivity index (χ4n) is 4.44. The number of methoxy groups -OCH3 is 1. The molecule has 4 rings (SSSR count). The second-order valence-corrected chi connectivity index (χ2v) is 10.0. The van der Waals surface area contributed by atoms with Gasteiger partial charge in [-0.2, -0.15) is 8.42 Å². The van der Waals surface area contributed by atoms with Crippen molar-refractivity contribution in [2.24, 2.45) is 10.3 Å². The normalized spacial score (nSPS) is 19.2. The van der Waals surface area contributed by atoms with Gasteiger partial charge in [0, 0.05) is 24.6 Å². The second kappa shape index (κ2) is 9.39. The van der Waals surface area contributed by atoms with Crippen molar-refractivity contribution in [2.75, 3.05) is 20.2 Å². The van der Waals surface area contributed by atoms with Gasteiger partial charge >= 0.3 is 0 Å². The van der Waals surface area contributed by atoms with Crippen LogP contribution < -0.4 is 10.1 Å². The number of amides is 1. The Balaban J connectivity index is 1.43. The summed E-state index contributed by atoms with van der Waals surface area (Å²) in [5.41, 5.74) is 2.30. The molecule has 2 aliphatic rings. The predicted octanol–water partition coefficient (Wildman–Crippen LogP) is 3.76. The lowest BCUT2D eigenvalue weighted by Crippen LogP contribution is -2.43. The maximum absolute atomic E-state index is 12.8. The minimum Gasteiger partial charge on any atom is -0.497 e. The highest BCUT2D eigenvalue weighted by molar-refractivity contribution is 8.00. The number of carbonyl (C=O) groups is 1. The maximum atomic E-state index is 12.8. The Morgan fingerprint density at radius 2 is 1.73 bits per heavy atom. The predicted molar refractivity (Wildman–Crippen MR) is 129 cm³/mol. The molecule has 0 radical (unpaired) electrons. The van der Waals surface area contributed by atoms with Crippen molar-refractivity contribution in [1.29, 1.82) is 0 Å². The Bertz CT molecular complexity index is 1180. The third kappa shape index (κ3) is 4.80. The number of nitrogens with zero attached hydrogens (tertiary/aromatic N) is 2. The summed E-state index contributed by atoms with van der Waals surface area (Å²) in [6.45, 7) is 4.94. The van der Waals surface area contributed by atoms with Crippen LogP contribution in [0.4, 0.5) is 0 Å². The lowest BCUT2D eigenvalue weighted by atomic mass is 9.94. The summed E-state index contributed by atoms with van der Waals surface area (Å²) in [7, 11) is -2.21. The molecule has 1 amide bonds. The molecule has 0 aromatic heterocycles. The Labute approximate surface area is 195 Å². The molecule has 1 saturated heterocycles. The average molecular weight is 468 g/mol. The Kier molecular flexibility index (Phi) is 6.56. The molecular weight excluding hydrogens is 438 g/mol. The van der Waals surface area contributed by atoms with E-state index in [1.807, 2.05) is 42.2 Å². The highest BCUT2D eigenvalue weighted by atomic mass is 32.2. The number of hydrogen-bond donors (Lipinski definition) is 1. The first-order valence-corrected chi connectivity index (χ1v) is 12.5. The van der Waals surface area contributed by atoms with Crippen molar-refractivity contribution in [1.82, 2.24) is 10.2 Å². The number of carbonyl (C=O) groups excluding carboxylic acids is 1. The van der Waals surface area contributed by atoms with E-state index >= 15 is 0 Å². The van der Waals surface area contributed by atoms with Crippen LogP contribution >= 0.6 is 0 Å². The quantitative estimate of drug-likeness (QED) is 0.723. The van der Waals surface area contributed by atoms with Crippen LogP contribution in [0.2, 0.25) is 0 Å². The maximum Gasteiger partial charge on any atom is 0.285 e. The number of piperidine rings is 1. The number of benzene rings is 2. The SMILES string of the molecule is COc1ccc(C2=C(C)C(N3CCC(C(=O)NC(C)c4ccccc4)CC3)=NS2(=O)=O)cc1. The standard InChI is InChI=1S/C25H29N3O4S/c1-17-23(20-9-11-22(32-3)12-10-20)33(30,31)27-24(17)28-15-13-21(14-16-28)25(29)26-18(2)19-7-5-4-6-8-19/h4-12,18,21H,13-16H2,1-3H3,(H,26,29). The summed E-state index contributed by atoms with van der Waals surface area (Å²) in [5.74, 6) is 1.09. The number of amidine groups is 1. The molecule has 8 heteroatoms. The highest BCUT2D eigenvalue weighted by Gasteiger charge is 2.35. The van der Waals surface area contributed by atoms with Gasteiger partial charge in [0.15, 0.2) is 0 Å². The first-order valence-electron chi connectivity index (χ1n) is 11.1. The van der Waals surface area contributed by atoms with Gasteiger partial charge < -0.3 is 15.0 Å². The summed E-state index contributed by atoms with van der Waals surface area (Å²) in [6.07, 6.45) is 1.30. The number of likely N-dealkylation sites (tertiary alicyclic amines) is 1. The fourth-order valence-corrected chi connectivity index (χ4v) is 5.92. The van der Waals surface area contributed by atoms with E-state index in [4.69, 9.17) is 4.74 Å². The number of rotatable bonds is 5. The number of nitrogens with one attached hydrogen (secondary N) is 1. The van der Waals surface area contributed by atoms with Crippen LogP contribution in [-0.2, 0) is 14.8 Å². The smallest absolute Gasteiger partial charge is 0.285 e. The fraction of sp³-hybridized carbons (Fsp3) is 0.360. The minimum atomic E-state index is -3.78. The molecule has 1 atom stereocenters. The molecule has 0 spiro atoms. The zero-order valence-corrected chi connectivity index (χ0v) is 19.9. The van der Waals surface area contributed by atoms with E-state index in [1.165, 1.54) is 0 Å². The van der Waals surface area contributed by atoms with Crippen molar-refractivity contribution in [2.45, 2.75) is 32.7 Å². The van der Waals surface area contributed by atoms with Crippen LogP contribution in [0.25, 0.3) is 4.91 Å². The molecule has 7 nitrogen and oxygen atoms in total. The van der Waals surface area contributed by atoms with Gasteiger partial charge in [-0.05, 0) is 62.1 Å². The zero-order valence-electron chi connectivity index (χ0n) is 19.1. The lowest BCUT2D eigenvalue weighted by molar-refractivity contribution is -0.126. The number of ether oxygens (including phenoxy) is 1. The van der Waals surface area contributed by atoms with E-state index in [-0.39, 0.29) is 22.8 Å². The van der Waals surface area contributed by atoms with Gasteiger partial charge in [-0.1, -0.05) is 30.3 Å². The second-order valence-electron chi connectivity index (χ2n) is 8.47. The average Bonchev–Trinajstić information content (AvgIpc) is 3.08. The van der Waals surface area contributed by atoms with Crippen LogP contribution in [0.3, 0.4) is 0 Å². The molecule has 1 unspecified atom stereocenters. The lowest BCUT2D eigenvalue weighted by Gasteiger charge is -2.33. The summed E-state index contributed by atoms with van der Waals surface area (Å²) in [4.78, 5) is 15.0. The Hall–Kier alpha value is -3.13. The highest BCUT2D eigenvalue weighted by Crippen LogP contribution is 2.35. The molecule has 2 aliphatic heterocycles. The van der Waals surface area contributed by atoms with Crippen molar-refractivity contribution < 1.29 is 17.9 Å². The zero-order chi connectivity index (χ0) is 23.6. The topological polar surface area (TPSA) is 88.1 Å². The summed E-state index contributed by atoms with van der Waals surface area (Å²) in [6, 6.07) is 16.8. The molecule has 0 saturated carbocycles. The van der Waals surface area contributed by atoms with E-state index < -0.39 is 10.0 Å². The van der Waals surface area contributed by atoms with Crippen LogP contribution in [0, 0.1) is 5.92 Å². The molecule has 2 aromatic carbocycles. The number of sulfonamides is 1. The monoisotopic (exact) mass is 467 g/mol. The van der Waals surface area contributed by atoms with Crippen molar-refractivity contribution in [3.63, 3.8) is 0 Å². The van der Waals surface area contributed by atoms with Gasteiger partial charge in [-0.15, -0.1) is 4.40 Å². The first-order chi connectivity index (χ1) is 15.8. The van der Waals surface area contributed by atoms with Crippen LogP contribution in [-0.4, -0.2) is 45.3 Å². The Morgan fingerprint density at radius 1 is 1.09 bits per heavy atom. The van der Waals surface area contributed by atoms with E-state index in [0.717, 1.165) is 5.56 Å². The summed E-state index contributed by atoms with van der Waals surface area (Å²) in [5, 5.41) is 3.11. The van der Waals surface area contributed by atoms with E-state index in [0.29, 0.717) is 48.7 Å². The van der Waals surface area contributed by atoms with Gasteiger partial charge in [0.2, 0.25) is 5.91 Å². The van der Waals surface area contributed by atoms with Gasteiger partial charge in [0.05, 0.1) is 13.2 Å². The third-order valence-corrected chi connectivity index (χ3v) is 7.79. The van der Waals surface area contributed by atoms with Crippen LogP contribution in [0.1, 0.15) is 43.9 Å². The third-order valence-electron chi connectivity index (χ3n) is 6.32. The molecule has 1 fully saturated rings. The van der Waals surface area contributed by atoms with E-state index in [1.54, 1.807) is 38.3 Å². The van der Waals surface area contributed by atoms with Gasteiger partial charge in [-0.25, -0.2) is 0 Å². The minimum absolute atomic E-state index is 0.0400. The van der Waals surface area contributed by atoms with E-state index in [9.17, 15) is 13.2 Å². The molecule has 0 aliphatic carbocycles. The van der Waals surface area contributed by atoms with E-state index in [2.05, 4.69) is 9.71 Å². The summed E-state index contributed by atoms with van der Waals surface area (Å²) < 4.78 is 34.9.